The number of hydrogen-bond donors (Lipinski definition) is 2. The topological polar surface area (TPSA) is 240 Å². The number of phenolic OH excluding ortho intramolecular Hbond substituents is 2. The maximum Gasteiger partial charge on any atom is 0.339 e. The molecule has 0 amide bonds. The highest BCUT2D eigenvalue weighted by Gasteiger charge is 2.20. The first-order chi connectivity index (χ1) is 34.6. The molecule has 73 heavy (non-hydrogen) atoms. The van der Waals surface area contributed by atoms with E-state index in [1.54, 1.807) is 72.8 Å². The van der Waals surface area contributed by atoms with E-state index in [-0.39, 0.29) is 59.8 Å². The Morgan fingerprint density at radius 1 is 0.342 bits per heavy atom. The average molecular weight is 1100 g/mol. The minimum atomic E-state index is -4.08. The Bertz CT molecular complexity index is 3520. The second kappa shape index (κ2) is 22.9. The second-order valence-corrected chi connectivity index (χ2v) is 23.6. The first-order valence-electron chi connectivity index (χ1n) is 21.1. The minimum absolute atomic E-state index is 0.0520. The van der Waals surface area contributed by atoms with Crippen LogP contribution in [0.25, 0.3) is 0 Å². The van der Waals surface area contributed by atoms with Gasteiger partial charge in [0.05, 0.1) is 0 Å². The highest BCUT2D eigenvalue weighted by Crippen LogP contribution is 2.34. The molecule has 0 radical (unpaired) electrons. The van der Waals surface area contributed by atoms with Crippen molar-refractivity contribution in [1.29, 1.82) is 0 Å². The lowest BCUT2D eigenvalue weighted by atomic mass is 10.2. The van der Waals surface area contributed by atoms with E-state index in [0.29, 0.717) is 0 Å². The molecule has 0 bridgehead atoms. The van der Waals surface area contributed by atoms with Crippen LogP contribution in [0, 0.1) is 6.92 Å². The van der Waals surface area contributed by atoms with Crippen LogP contribution in [0.5, 0.6) is 40.2 Å². The number of benzene rings is 8. The van der Waals surface area contributed by atoms with E-state index in [1.807, 2.05) is 6.92 Å². The van der Waals surface area contributed by atoms with Crippen LogP contribution in [-0.4, -0.2) is 49.9 Å². The Morgan fingerprint density at radius 2 is 0.562 bits per heavy atom. The second-order valence-electron chi connectivity index (χ2n) is 15.1. The molecule has 16 nitrogen and oxygen atoms in total. The van der Waals surface area contributed by atoms with Gasteiger partial charge in [0.15, 0.2) is 0 Å². The van der Waals surface area contributed by atoms with E-state index >= 15 is 0 Å². The Labute approximate surface area is 430 Å². The van der Waals surface area contributed by atoms with Gasteiger partial charge in [0.1, 0.15) is 59.8 Å². The number of rotatable bonds is 17. The van der Waals surface area contributed by atoms with Gasteiger partial charge in [-0.2, -0.15) is 33.7 Å². The van der Waals surface area contributed by atoms with Gasteiger partial charge in [-0.1, -0.05) is 41.2 Å². The fraction of sp³-hybridized carbons (Fsp3) is 0.0392. The van der Waals surface area contributed by atoms with Gasteiger partial charge in [-0.3, -0.25) is 4.79 Å². The van der Waals surface area contributed by atoms with Gasteiger partial charge >= 0.3 is 46.4 Å². The van der Waals surface area contributed by atoms with Crippen molar-refractivity contribution in [3.63, 3.8) is 0 Å². The van der Waals surface area contributed by atoms with Gasteiger partial charge in [-0.15, -0.1) is 0 Å². The third-order valence-corrected chi connectivity index (χ3v) is 16.6. The molecule has 8 aromatic rings. The number of esters is 1. The molecule has 0 saturated heterocycles. The number of aromatic hydroxyl groups is 2. The van der Waals surface area contributed by atoms with Crippen LogP contribution < -0.4 is 21.5 Å². The largest absolute Gasteiger partial charge is 0.508 e. The van der Waals surface area contributed by atoms with Gasteiger partial charge in [0.25, 0.3) is 0 Å². The number of hydrogen-bond acceptors (Lipinski definition) is 18. The summed E-state index contributed by atoms with van der Waals surface area (Å²) in [6, 6.07) is 47.6. The van der Waals surface area contributed by atoms with Crippen molar-refractivity contribution in [3.8, 4) is 40.2 Å². The van der Waals surface area contributed by atoms with E-state index < -0.39 is 46.4 Å². The standard InChI is InChI=1S/C27H22O8S3.C24H18O8S3/c1-19-3-15-26(16-4-19)37(29,30)34-22-5-11-24(12-6-22)36-25-13-7-23(8-14-25)35-38(31,32)27-17-9-21(10-18-27)33-20(2)28;25-17-1-13-23(14-2-17)34(27,28)31-19-5-9-21(10-6-19)33-22-11-7-20(8-12-22)32-35(29,30)24-15-3-18(26)4-16-24/h3-18H,1-2H3;1-16,25-26H. The molecule has 0 aliphatic heterocycles. The molecule has 8 rings (SSSR count). The van der Waals surface area contributed by atoms with Crippen LogP contribution >= 0.6 is 23.5 Å². The zero-order chi connectivity index (χ0) is 52.4. The smallest absolute Gasteiger partial charge is 0.339 e. The minimum Gasteiger partial charge on any atom is -0.508 e. The summed E-state index contributed by atoms with van der Waals surface area (Å²) in [6.45, 7) is 3.12. The van der Waals surface area contributed by atoms with E-state index in [4.69, 9.17) is 21.5 Å². The molecule has 0 heterocycles. The third-order valence-electron chi connectivity index (χ3n) is 9.52. The van der Waals surface area contributed by atoms with Crippen LogP contribution in [0.3, 0.4) is 0 Å². The Hall–Kier alpha value is -7.47. The van der Waals surface area contributed by atoms with Crippen LogP contribution in [0.1, 0.15) is 12.5 Å². The first-order valence-corrected chi connectivity index (χ1v) is 28.3. The monoisotopic (exact) mass is 1100 g/mol. The zero-order valence-electron chi connectivity index (χ0n) is 38.0. The van der Waals surface area contributed by atoms with E-state index in [9.17, 15) is 48.7 Å². The van der Waals surface area contributed by atoms with Crippen molar-refractivity contribution in [2.45, 2.75) is 53.0 Å². The van der Waals surface area contributed by atoms with Crippen LogP contribution in [0.4, 0.5) is 0 Å². The van der Waals surface area contributed by atoms with E-state index in [1.165, 1.54) is 152 Å². The van der Waals surface area contributed by atoms with Crippen molar-refractivity contribution >= 4 is 70.0 Å². The third kappa shape index (κ3) is 15.3. The first kappa shape index (κ1) is 53.3. The molecule has 8 aromatic carbocycles. The van der Waals surface area contributed by atoms with E-state index in [0.717, 1.165) is 25.1 Å². The fourth-order valence-corrected chi connectivity index (χ4v) is 11.3. The number of carbonyl (C=O) groups excluding carboxylic acids is 1. The van der Waals surface area contributed by atoms with Crippen LogP contribution in [-0.2, 0) is 45.3 Å². The molecular weight excluding hydrogens is 1060 g/mol. The molecule has 22 heteroatoms. The summed E-state index contributed by atoms with van der Waals surface area (Å²) in [4.78, 5) is 14.1. The molecule has 0 saturated carbocycles. The van der Waals surface area contributed by atoms with Gasteiger partial charge in [-0.05, 0) is 189 Å². The van der Waals surface area contributed by atoms with Gasteiger partial charge in [0, 0.05) is 26.5 Å². The van der Waals surface area contributed by atoms with Crippen LogP contribution in [0.15, 0.2) is 233 Å². The van der Waals surface area contributed by atoms with Gasteiger partial charge in [-0.25, -0.2) is 0 Å². The molecule has 376 valence electrons. The maximum atomic E-state index is 12.6. The lowest BCUT2D eigenvalue weighted by molar-refractivity contribution is -0.131. The van der Waals surface area contributed by atoms with Gasteiger partial charge < -0.3 is 31.7 Å². The summed E-state index contributed by atoms with van der Waals surface area (Å²) < 4.78 is 125. The van der Waals surface area contributed by atoms with Crippen molar-refractivity contribution < 1.29 is 70.1 Å². The van der Waals surface area contributed by atoms with Crippen LogP contribution in [0.2, 0.25) is 0 Å². The fourth-order valence-electron chi connectivity index (χ4n) is 6.00. The summed E-state index contributed by atoms with van der Waals surface area (Å²) in [7, 11) is -16.1. The summed E-state index contributed by atoms with van der Waals surface area (Å²) in [6.07, 6.45) is 0. The van der Waals surface area contributed by atoms with Crippen molar-refractivity contribution in [2.75, 3.05) is 0 Å². The average Bonchev–Trinajstić information content (AvgIpc) is 3.34. The predicted octanol–water partition coefficient (Wildman–Crippen LogP) is 10.4. The molecule has 0 atom stereocenters. The highest BCUT2D eigenvalue weighted by atomic mass is 32.2. The van der Waals surface area contributed by atoms with Crippen molar-refractivity contribution in [3.05, 3.63) is 200 Å². The molecule has 2 N–H and O–H groups in total. The number of carbonyl (C=O) groups is 1. The highest BCUT2D eigenvalue weighted by molar-refractivity contribution is 7.99. The summed E-state index contributed by atoms with van der Waals surface area (Å²) in [5.74, 6) is 0.188. The van der Waals surface area contributed by atoms with E-state index in [2.05, 4.69) is 0 Å². The number of aryl methyl sites for hydroxylation is 1. The molecule has 0 aromatic heterocycles. The Balaban J connectivity index is 0.000000214. The Morgan fingerprint density at radius 3 is 0.808 bits per heavy atom. The summed E-state index contributed by atoms with van der Waals surface area (Å²) >= 11 is 2.76. The quantitative estimate of drug-likeness (QED) is 0.0489. The molecule has 0 fully saturated rings. The SMILES string of the molecule is CC(=O)Oc1ccc(S(=O)(=O)Oc2ccc(Sc3ccc(OS(=O)(=O)c4ccc(C)cc4)cc3)cc2)cc1.O=S(=O)(Oc1ccc(Sc2ccc(OS(=O)(=O)c3ccc(O)cc3)cc2)cc1)c1ccc(O)cc1. The molecule has 0 spiro atoms. The zero-order valence-corrected chi connectivity index (χ0v) is 42.9. The molecular formula is C51H40O16S6. The number of phenols is 2. The van der Waals surface area contributed by atoms with Crippen molar-refractivity contribution in [2.24, 2.45) is 0 Å². The lowest BCUT2D eigenvalue weighted by Gasteiger charge is -2.09. The summed E-state index contributed by atoms with van der Waals surface area (Å²) in [5.41, 5.74) is 0.943. The van der Waals surface area contributed by atoms with Crippen molar-refractivity contribution in [1.82, 2.24) is 0 Å². The molecule has 0 aliphatic rings. The lowest BCUT2D eigenvalue weighted by Crippen LogP contribution is -2.10. The summed E-state index contributed by atoms with van der Waals surface area (Å²) in [5, 5.41) is 18.6. The maximum absolute atomic E-state index is 12.6. The predicted molar refractivity (Wildman–Crippen MR) is 270 cm³/mol. The van der Waals surface area contributed by atoms with Gasteiger partial charge in [0.2, 0.25) is 0 Å². The Kier molecular flexibility index (Phi) is 16.8. The number of ether oxygens (including phenoxy) is 1. The molecule has 0 unspecified atom stereocenters. The normalized spacial score (nSPS) is 11.6. The molecule has 0 aliphatic carbocycles.